The van der Waals surface area contributed by atoms with Crippen LogP contribution in [0.2, 0.25) is 0 Å². The van der Waals surface area contributed by atoms with E-state index in [4.69, 9.17) is 9.10 Å². The van der Waals surface area contributed by atoms with Crippen LogP contribution in [0.4, 0.5) is 17.1 Å². The van der Waals surface area contributed by atoms with Crippen LogP contribution in [-0.2, 0) is 21.1 Å². The summed E-state index contributed by atoms with van der Waals surface area (Å²) < 4.78 is 27.5. The van der Waals surface area contributed by atoms with Crippen molar-refractivity contribution in [3.63, 3.8) is 0 Å². The van der Waals surface area contributed by atoms with Gasteiger partial charge in [-0.15, -0.1) is 11.5 Å². The number of para-hydroxylation sites is 3. The molecule has 61 heavy (non-hydrogen) atoms. The summed E-state index contributed by atoms with van der Waals surface area (Å²) in [7, 11) is -3.22. The zero-order chi connectivity index (χ0) is 43.5. The largest absolute Gasteiger partial charge is 2.00 e. The van der Waals surface area contributed by atoms with Gasteiger partial charge in [0.05, 0.1) is 18.0 Å². The van der Waals surface area contributed by atoms with E-state index in [1.165, 1.54) is 32.0 Å². The van der Waals surface area contributed by atoms with Crippen LogP contribution in [0.3, 0.4) is 0 Å². The summed E-state index contributed by atoms with van der Waals surface area (Å²) in [4.78, 5) is 8.69. The second-order valence-corrected chi connectivity index (χ2v) is 20.2. The summed E-state index contributed by atoms with van der Waals surface area (Å²) in [5.74, 6) is 1.54. The minimum Gasteiger partial charge on any atom is -0.355 e. The van der Waals surface area contributed by atoms with E-state index < -0.39 is 15.0 Å². The molecule has 0 saturated carbocycles. The predicted octanol–water partition coefficient (Wildman–Crippen LogP) is 10.6. The summed E-state index contributed by atoms with van der Waals surface area (Å²) in [5.41, 5.74) is 9.47. The molecule has 1 aliphatic heterocycles. The summed E-state index contributed by atoms with van der Waals surface area (Å²) in [6.07, 6.45) is 1.95. The van der Waals surface area contributed by atoms with Gasteiger partial charge in [-0.25, -0.2) is 4.98 Å². The molecule has 1 aliphatic rings. The zero-order valence-electron chi connectivity index (χ0n) is 37.7. The second kappa shape index (κ2) is 16.5. The predicted molar refractivity (Wildman–Crippen MR) is 255 cm³/mol. The van der Waals surface area contributed by atoms with E-state index in [9.17, 15) is 0 Å². The van der Waals surface area contributed by atoms with Gasteiger partial charge in [0.25, 0.3) is 0 Å². The van der Waals surface area contributed by atoms with Crippen molar-refractivity contribution in [2.24, 2.45) is 0 Å². The maximum Gasteiger partial charge on any atom is 2.00 e. The average Bonchev–Trinajstić information content (AvgIpc) is 3.87. The Bertz CT molecular complexity index is 3060. The number of anilines is 3. The SMILES string of the molecule is [2H]C([2H])([2H])N1CN(c2[c-]c([Si](c3[c-]c4c(cc3)c3ccccc3n4-c3cc(-c4c(C(C)C)cccc4C(C)C)ccn3)(c3ccccc3)c3ccccc3)ccc2)c2ccccc21.[Pt+2]. The van der Waals surface area contributed by atoms with Crippen LogP contribution in [-0.4, -0.2) is 31.3 Å². The van der Waals surface area contributed by atoms with Gasteiger partial charge < -0.3 is 14.4 Å². The number of aromatic nitrogens is 2. The molecule has 2 aromatic heterocycles. The Labute approximate surface area is 379 Å². The van der Waals surface area contributed by atoms with Crippen molar-refractivity contribution in [2.75, 3.05) is 23.4 Å². The molecule has 0 saturated heterocycles. The second-order valence-electron chi connectivity index (χ2n) is 16.4. The quantitative estimate of drug-likeness (QED) is 0.0818. The van der Waals surface area contributed by atoms with Crippen molar-refractivity contribution in [2.45, 2.75) is 39.5 Å². The third-order valence-electron chi connectivity index (χ3n) is 12.3. The van der Waals surface area contributed by atoms with Crippen LogP contribution in [0.15, 0.2) is 176 Å². The number of rotatable bonds is 9. The molecule has 0 radical (unpaired) electrons. The number of pyridine rings is 1. The van der Waals surface area contributed by atoms with E-state index >= 15 is 0 Å². The Kier molecular flexibility index (Phi) is 9.93. The van der Waals surface area contributed by atoms with Crippen LogP contribution >= 0.6 is 0 Å². The van der Waals surface area contributed by atoms with Crippen molar-refractivity contribution in [3.8, 4) is 16.9 Å². The maximum atomic E-state index is 8.40. The summed E-state index contributed by atoms with van der Waals surface area (Å²) >= 11 is 0. The molecule has 0 unspecified atom stereocenters. The van der Waals surface area contributed by atoms with Gasteiger partial charge in [-0.05, 0) is 80.2 Å². The van der Waals surface area contributed by atoms with Crippen LogP contribution in [0.25, 0.3) is 38.8 Å². The normalized spacial score (nSPS) is 13.6. The van der Waals surface area contributed by atoms with Gasteiger partial charge in [0.15, 0.2) is 0 Å². The standard InChI is InChI=1S/C55H48N4Si.Pt/c1-38(2)46-25-17-26-47(39(3)4)55(46)40-32-33-56-54(34-40)59-50-27-13-12-24-48(50)49-31-30-45(36-53(49)59)60(42-19-8-6-9-20-42,43-21-10-7-11-22-43)44-23-16-18-41(35-44)58-37-57(5)51-28-14-15-29-52(51)58;/h6-34,38-39H,37H2,1-5H3;/q-2;+2/i5D3;. The number of fused-ring (bicyclic) bond motifs is 4. The molecule has 6 heteroatoms. The molecule has 7 aromatic carbocycles. The van der Waals surface area contributed by atoms with Crippen LogP contribution in [0.5, 0.6) is 0 Å². The third kappa shape index (κ3) is 6.76. The minimum absolute atomic E-state index is 0. The molecule has 0 aliphatic carbocycles. The number of nitrogens with zero attached hydrogens (tertiary/aromatic N) is 4. The summed E-state index contributed by atoms with van der Waals surface area (Å²) in [6, 6.07) is 68.1. The van der Waals surface area contributed by atoms with Gasteiger partial charge in [0.2, 0.25) is 0 Å². The van der Waals surface area contributed by atoms with Crippen molar-refractivity contribution < 1.29 is 25.2 Å². The molecule has 0 N–H and O–H groups in total. The van der Waals surface area contributed by atoms with E-state index in [0.29, 0.717) is 17.5 Å². The Morgan fingerprint density at radius 1 is 0.607 bits per heavy atom. The van der Waals surface area contributed by atoms with Gasteiger partial charge in [-0.2, -0.15) is 46.8 Å². The molecule has 0 amide bonds. The first-order valence-electron chi connectivity index (χ1n) is 22.4. The molecular weight excluding hydrogens is 940 g/mol. The first-order valence-corrected chi connectivity index (χ1v) is 22.9. The van der Waals surface area contributed by atoms with Gasteiger partial charge in [0.1, 0.15) is 13.9 Å². The Morgan fingerprint density at radius 2 is 1.23 bits per heavy atom. The molecule has 0 bridgehead atoms. The first kappa shape index (κ1) is 36.8. The fourth-order valence-electron chi connectivity index (χ4n) is 9.49. The number of hydrogen-bond donors (Lipinski definition) is 0. The fraction of sp³-hybridized carbons (Fsp3) is 0.145. The van der Waals surface area contributed by atoms with Crippen molar-refractivity contribution in [1.29, 1.82) is 0 Å². The molecule has 0 atom stereocenters. The average molecular weight is 991 g/mol. The van der Waals surface area contributed by atoms with Crippen molar-refractivity contribution in [1.82, 2.24) is 9.55 Å². The van der Waals surface area contributed by atoms with Crippen LogP contribution in [0.1, 0.15) is 54.8 Å². The van der Waals surface area contributed by atoms with E-state index in [1.807, 2.05) is 36.5 Å². The maximum absolute atomic E-state index is 8.40. The molecule has 4 nitrogen and oxygen atoms in total. The van der Waals surface area contributed by atoms with Gasteiger partial charge in [-0.3, -0.25) is 0 Å². The van der Waals surface area contributed by atoms with E-state index in [1.54, 1.807) is 0 Å². The number of benzene rings is 7. The topological polar surface area (TPSA) is 24.3 Å². The van der Waals surface area contributed by atoms with Crippen molar-refractivity contribution in [3.05, 3.63) is 199 Å². The molecule has 0 spiro atoms. The third-order valence-corrected chi connectivity index (χ3v) is 16.9. The molecular formula is C55H48N4PtSi. The molecule has 0 fully saturated rings. The van der Waals surface area contributed by atoms with E-state index in [2.05, 4.69) is 189 Å². The summed E-state index contributed by atoms with van der Waals surface area (Å²) in [5, 5.41) is 6.76. The van der Waals surface area contributed by atoms with Crippen LogP contribution < -0.4 is 30.5 Å². The fourth-order valence-corrected chi connectivity index (χ4v) is 14.0. The minimum atomic E-state index is -3.22. The zero-order valence-corrected chi connectivity index (χ0v) is 38.0. The van der Waals surface area contributed by atoms with Crippen LogP contribution in [0, 0.1) is 12.1 Å². The molecule has 302 valence electrons. The first-order chi connectivity index (χ1) is 30.6. The molecule has 10 rings (SSSR count). The monoisotopic (exact) mass is 990 g/mol. The Balaban J connectivity index is 0.00000518. The Morgan fingerprint density at radius 3 is 1.92 bits per heavy atom. The Hall–Kier alpha value is -6.00. The van der Waals surface area contributed by atoms with Crippen molar-refractivity contribution >= 4 is 67.7 Å². The van der Waals surface area contributed by atoms with Gasteiger partial charge in [0, 0.05) is 22.8 Å². The van der Waals surface area contributed by atoms with E-state index in [-0.39, 0.29) is 27.7 Å². The smallest absolute Gasteiger partial charge is 0.355 e. The van der Waals surface area contributed by atoms with E-state index in [0.717, 1.165) is 54.9 Å². The number of hydrogen-bond acceptors (Lipinski definition) is 3. The van der Waals surface area contributed by atoms with Gasteiger partial charge in [-0.1, -0.05) is 148 Å². The molecule has 3 heterocycles. The van der Waals surface area contributed by atoms with Gasteiger partial charge >= 0.3 is 21.1 Å². The molecule has 9 aromatic rings. The summed E-state index contributed by atoms with van der Waals surface area (Å²) in [6.45, 7) is 6.97.